The number of nitrogens with zero attached hydrogens (tertiary/aromatic N) is 1. The fourth-order valence-corrected chi connectivity index (χ4v) is 3.06. The molecular formula is C18H18N2. The van der Waals surface area contributed by atoms with Crippen molar-refractivity contribution in [3.8, 4) is 17.2 Å². The number of fused-ring (bicyclic) bond motifs is 3. The predicted octanol–water partition coefficient (Wildman–Crippen LogP) is 4.03. The average Bonchev–Trinajstić information content (AvgIpc) is 2.62. The summed E-state index contributed by atoms with van der Waals surface area (Å²) < 4.78 is 0. The van der Waals surface area contributed by atoms with Crippen LogP contribution >= 0.6 is 0 Å². The van der Waals surface area contributed by atoms with Crippen LogP contribution in [-0.2, 0) is 6.54 Å². The van der Waals surface area contributed by atoms with Crippen LogP contribution < -0.4 is 5.32 Å². The number of aryl methyl sites for hydroxylation is 1. The molecule has 0 radical (unpaired) electrons. The number of rotatable bonds is 1. The lowest BCUT2D eigenvalue weighted by atomic mass is 9.88. The van der Waals surface area contributed by atoms with Gasteiger partial charge in [0.05, 0.1) is 12.5 Å². The lowest BCUT2D eigenvalue weighted by molar-refractivity contribution is 0.547. The molecule has 0 saturated heterocycles. The molecule has 0 bridgehead atoms. The maximum Gasteiger partial charge on any atom is 0.0641 e. The molecule has 0 unspecified atom stereocenters. The Morgan fingerprint density at radius 1 is 1.15 bits per heavy atom. The Kier molecular flexibility index (Phi) is 3.30. The smallest absolute Gasteiger partial charge is 0.0641 e. The van der Waals surface area contributed by atoms with Crippen LogP contribution in [0.25, 0.3) is 11.1 Å². The van der Waals surface area contributed by atoms with Crippen molar-refractivity contribution in [2.24, 2.45) is 0 Å². The molecule has 1 heterocycles. The Bertz CT molecular complexity index is 695. The average molecular weight is 262 g/mol. The van der Waals surface area contributed by atoms with Gasteiger partial charge in [-0.2, -0.15) is 5.26 Å². The summed E-state index contributed by atoms with van der Waals surface area (Å²) in [6.45, 7) is 5.11. The van der Waals surface area contributed by atoms with E-state index in [4.69, 9.17) is 5.26 Å². The second kappa shape index (κ2) is 5.11. The lowest BCUT2D eigenvalue weighted by Crippen LogP contribution is -2.20. The van der Waals surface area contributed by atoms with E-state index in [0.29, 0.717) is 6.42 Å². The van der Waals surface area contributed by atoms with Crippen LogP contribution in [0.15, 0.2) is 36.4 Å². The highest BCUT2D eigenvalue weighted by molar-refractivity contribution is 5.74. The number of nitriles is 1. The molecular weight excluding hydrogens is 244 g/mol. The standard InChI is InChI=1S/C18H18N2/c1-12-7-8-16-15-6-4-3-5-14(15)11-20-17(9-10-19)18(16)13(12)2/h3-8,17,20H,9,11H2,1-2H3/t17-/m0/s1. The number of hydrogen-bond acceptors (Lipinski definition) is 2. The first-order valence-electron chi connectivity index (χ1n) is 7.01. The molecule has 0 saturated carbocycles. The van der Waals surface area contributed by atoms with Crippen molar-refractivity contribution in [1.82, 2.24) is 5.32 Å². The van der Waals surface area contributed by atoms with Gasteiger partial charge in [0.15, 0.2) is 0 Å². The van der Waals surface area contributed by atoms with Crippen LogP contribution in [0.4, 0.5) is 0 Å². The lowest BCUT2D eigenvalue weighted by Gasteiger charge is -2.20. The van der Waals surface area contributed by atoms with Gasteiger partial charge in [-0.1, -0.05) is 36.4 Å². The Morgan fingerprint density at radius 3 is 2.75 bits per heavy atom. The van der Waals surface area contributed by atoms with E-state index in [-0.39, 0.29) is 6.04 Å². The quantitative estimate of drug-likeness (QED) is 0.842. The third-order valence-corrected chi connectivity index (χ3v) is 4.28. The van der Waals surface area contributed by atoms with E-state index >= 15 is 0 Å². The van der Waals surface area contributed by atoms with Crippen LogP contribution in [-0.4, -0.2) is 0 Å². The van der Waals surface area contributed by atoms with Gasteiger partial charge in [0.1, 0.15) is 0 Å². The van der Waals surface area contributed by atoms with E-state index in [9.17, 15) is 0 Å². The normalized spacial score (nSPS) is 16.8. The number of nitrogens with one attached hydrogen (secondary N) is 1. The minimum Gasteiger partial charge on any atom is -0.305 e. The van der Waals surface area contributed by atoms with Gasteiger partial charge in [0, 0.05) is 12.6 Å². The Hall–Kier alpha value is -2.11. The second-order valence-electron chi connectivity index (χ2n) is 5.42. The zero-order valence-corrected chi connectivity index (χ0v) is 11.9. The highest BCUT2D eigenvalue weighted by Gasteiger charge is 2.23. The molecule has 1 atom stereocenters. The van der Waals surface area contributed by atoms with Gasteiger partial charge in [-0.3, -0.25) is 0 Å². The van der Waals surface area contributed by atoms with Gasteiger partial charge in [0.25, 0.3) is 0 Å². The summed E-state index contributed by atoms with van der Waals surface area (Å²) in [4.78, 5) is 0. The Labute approximate surface area is 120 Å². The summed E-state index contributed by atoms with van der Waals surface area (Å²) in [6.07, 6.45) is 0.505. The predicted molar refractivity (Wildman–Crippen MR) is 81.2 cm³/mol. The zero-order valence-electron chi connectivity index (χ0n) is 11.9. The molecule has 1 aliphatic heterocycles. The van der Waals surface area contributed by atoms with Crippen molar-refractivity contribution < 1.29 is 0 Å². The van der Waals surface area contributed by atoms with Gasteiger partial charge in [0.2, 0.25) is 0 Å². The van der Waals surface area contributed by atoms with Gasteiger partial charge >= 0.3 is 0 Å². The topological polar surface area (TPSA) is 35.8 Å². The van der Waals surface area contributed by atoms with Crippen molar-refractivity contribution in [3.05, 3.63) is 58.7 Å². The maximum absolute atomic E-state index is 9.12. The number of benzene rings is 2. The second-order valence-corrected chi connectivity index (χ2v) is 5.42. The molecule has 2 aromatic carbocycles. The summed E-state index contributed by atoms with van der Waals surface area (Å²) in [5.74, 6) is 0. The third kappa shape index (κ3) is 2.01. The minimum absolute atomic E-state index is 0.113. The molecule has 2 aromatic rings. The van der Waals surface area contributed by atoms with E-state index in [1.54, 1.807) is 0 Å². The van der Waals surface area contributed by atoms with E-state index in [1.807, 2.05) is 0 Å². The molecule has 100 valence electrons. The molecule has 0 fully saturated rings. The summed E-state index contributed by atoms with van der Waals surface area (Å²) in [5.41, 5.74) is 7.74. The first kappa shape index (κ1) is 12.9. The van der Waals surface area contributed by atoms with Crippen LogP contribution in [0.1, 0.15) is 34.7 Å². The van der Waals surface area contributed by atoms with Gasteiger partial charge in [-0.25, -0.2) is 0 Å². The third-order valence-electron chi connectivity index (χ3n) is 4.28. The van der Waals surface area contributed by atoms with E-state index in [0.717, 1.165) is 6.54 Å². The first-order chi connectivity index (χ1) is 9.72. The Balaban J connectivity index is 2.28. The van der Waals surface area contributed by atoms with Crippen LogP contribution in [0.5, 0.6) is 0 Å². The van der Waals surface area contributed by atoms with Crippen molar-refractivity contribution >= 4 is 0 Å². The maximum atomic E-state index is 9.12. The highest BCUT2D eigenvalue weighted by atomic mass is 14.9. The Morgan fingerprint density at radius 2 is 1.95 bits per heavy atom. The zero-order chi connectivity index (χ0) is 14.1. The summed E-state index contributed by atoms with van der Waals surface area (Å²) in [7, 11) is 0. The van der Waals surface area contributed by atoms with E-state index in [1.165, 1.54) is 33.4 Å². The van der Waals surface area contributed by atoms with E-state index in [2.05, 4.69) is 61.6 Å². The number of hydrogen-bond donors (Lipinski definition) is 1. The molecule has 2 heteroatoms. The minimum atomic E-state index is 0.113. The molecule has 3 rings (SSSR count). The summed E-state index contributed by atoms with van der Waals surface area (Å²) in [5, 5.41) is 12.7. The van der Waals surface area contributed by atoms with Crippen molar-refractivity contribution in [2.75, 3.05) is 0 Å². The molecule has 0 amide bonds. The van der Waals surface area contributed by atoms with Crippen LogP contribution in [0.2, 0.25) is 0 Å². The largest absolute Gasteiger partial charge is 0.305 e. The molecule has 2 nitrogen and oxygen atoms in total. The SMILES string of the molecule is Cc1ccc2c(c1C)[C@H](CC#N)NCc1ccccc1-2. The molecule has 0 spiro atoms. The molecule has 1 N–H and O–H groups in total. The van der Waals surface area contributed by atoms with Gasteiger partial charge in [-0.05, 0) is 47.2 Å². The van der Waals surface area contributed by atoms with Gasteiger partial charge < -0.3 is 5.32 Å². The summed E-state index contributed by atoms with van der Waals surface area (Å²) >= 11 is 0. The van der Waals surface area contributed by atoms with E-state index < -0.39 is 0 Å². The highest BCUT2D eigenvalue weighted by Crippen LogP contribution is 2.38. The first-order valence-corrected chi connectivity index (χ1v) is 7.01. The molecule has 0 aliphatic carbocycles. The molecule has 1 aliphatic rings. The van der Waals surface area contributed by atoms with Crippen molar-refractivity contribution in [3.63, 3.8) is 0 Å². The van der Waals surface area contributed by atoms with Crippen LogP contribution in [0, 0.1) is 25.2 Å². The fourth-order valence-electron chi connectivity index (χ4n) is 3.06. The summed E-state index contributed by atoms with van der Waals surface area (Å²) in [6, 6.07) is 15.3. The fraction of sp³-hybridized carbons (Fsp3) is 0.278. The van der Waals surface area contributed by atoms with Crippen molar-refractivity contribution in [2.45, 2.75) is 32.9 Å². The van der Waals surface area contributed by atoms with Crippen molar-refractivity contribution in [1.29, 1.82) is 5.26 Å². The van der Waals surface area contributed by atoms with Gasteiger partial charge in [-0.15, -0.1) is 0 Å². The van der Waals surface area contributed by atoms with Crippen LogP contribution in [0.3, 0.4) is 0 Å². The molecule has 20 heavy (non-hydrogen) atoms. The molecule has 0 aromatic heterocycles. The monoisotopic (exact) mass is 262 g/mol.